The van der Waals surface area contributed by atoms with Crippen LogP contribution in [0, 0.1) is 26.0 Å². The number of aliphatic hydroxyl groups is 2. The van der Waals surface area contributed by atoms with E-state index < -0.39 is 32.6 Å². The Morgan fingerprint density at radius 3 is 1.73 bits per heavy atom. The zero-order valence-electron chi connectivity index (χ0n) is 18.5. The Balaban J connectivity index is 0.000000520. The topological polar surface area (TPSA) is 165 Å². The molecule has 184 valence electrons. The van der Waals surface area contributed by atoms with Gasteiger partial charge in [0.05, 0.1) is 21.0 Å². The van der Waals surface area contributed by atoms with Crippen molar-refractivity contribution in [2.24, 2.45) is 5.73 Å². The van der Waals surface area contributed by atoms with Crippen LogP contribution < -0.4 is 11.1 Å². The summed E-state index contributed by atoms with van der Waals surface area (Å²) in [4.78, 5) is 19.7. The number of nitrogens with one attached hydrogen (secondary N) is 1. The molecule has 13 heteroatoms. The molecule has 0 saturated carbocycles. The highest BCUT2D eigenvalue weighted by molar-refractivity contribution is 9.10. The summed E-state index contributed by atoms with van der Waals surface area (Å²) in [5, 5.41) is 42.0. The summed E-state index contributed by atoms with van der Waals surface area (Å²) in [5.74, 6) is -0.821. The van der Waals surface area contributed by atoms with Gasteiger partial charge in [0, 0.05) is 34.2 Å². The summed E-state index contributed by atoms with van der Waals surface area (Å²) in [7, 11) is 0. The highest BCUT2D eigenvalue weighted by Crippen LogP contribution is 2.28. The Hall–Kier alpha value is -2.19. The third kappa shape index (κ3) is 13.8. The molecule has 10 nitrogen and oxygen atoms in total. The molecule has 33 heavy (non-hydrogen) atoms. The number of nitrogens with zero attached hydrogens (tertiary/aromatic N) is 2. The standard InChI is InChI=1S/C10H13BrN2O3.C6H3BrFNO2.C4H11NO/c1-10(2,14)6-12-8-4-3-7(11)5-9(8)13(15)16;7-4-1-2-5(8)6(3-4)9(10)11;1-4(2,6)3-5/h3-5,12,14H,6H2,1-2H3;1-3H;6H,3,5H2,1-2H3. The third-order valence-electron chi connectivity index (χ3n) is 3.47. The van der Waals surface area contributed by atoms with E-state index in [4.69, 9.17) is 10.8 Å². The molecular weight excluding hydrogens is 571 g/mol. The molecule has 0 saturated heterocycles. The van der Waals surface area contributed by atoms with Crippen molar-refractivity contribution in [1.82, 2.24) is 0 Å². The van der Waals surface area contributed by atoms with Crippen molar-refractivity contribution in [3.63, 3.8) is 0 Å². The van der Waals surface area contributed by atoms with Gasteiger partial charge in [-0.1, -0.05) is 31.9 Å². The first-order valence-corrected chi connectivity index (χ1v) is 11.0. The van der Waals surface area contributed by atoms with E-state index in [1.165, 1.54) is 12.1 Å². The lowest BCUT2D eigenvalue weighted by molar-refractivity contribution is -0.387. The van der Waals surface area contributed by atoms with Crippen molar-refractivity contribution in [2.45, 2.75) is 38.9 Å². The van der Waals surface area contributed by atoms with Crippen LogP contribution in [0.4, 0.5) is 21.5 Å². The average Bonchev–Trinajstić information content (AvgIpc) is 2.68. The molecule has 5 N–H and O–H groups in total. The number of hydrogen-bond acceptors (Lipinski definition) is 8. The van der Waals surface area contributed by atoms with E-state index in [-0.39, 0.29) is 12.2 Å². The van der Waals surface area contributed by atoms with Gasteiger partial charge in [0.2, 0.25) is 5.82 Å². The number of nitro groups is 2. The van der Waals surface area contributed by atoms with Crippen molar-refractivity contribution in [3.8, 4) is 0 Å². The normalized spacial score (nSPS) is 10.8. The minimum absolute atomic E-state index is 0.0152. The second-order valence-corrected chi connectivity index (χ2v) is 9.79. The van der Waals surface area contributed by atoms with E-state index in [1.54, 1.807) is 39.8 Å². The van der Waals surface area contributed by atoms with Gasteiger partial charge in [-0.3, -0.25) is 20.2 Å². The second kappa shape index (κ2) is 13.5. The van der Waals surface area contributed by atoms with Crippen molar-refractivity contribution >= 4 is 48.9 Å². The molecule has 2 rings (SSSR count). The van der Waals surface area contributed by atoms with E-state index in [2.05, 4.69) is 37.2 Å². The number of nitro benzene ring substituents is 2. The first-order chi connectivity index (χ1) is 15.0. The van der Waals surface area contributed by atoms with Crippen molar-refractivity contribution < 1.29 is 24.5 Å². The summed E-state index contributed by atoms with van der Waals surface area (Å²) < 4.78 is 13.7. The van der Waals surface area contributed by atoms with Gasteiger partial charge >= 0.3 is 5.69 Å². The van der Waals surface area contributed by atoms with Crippen molar-refractivity contribution in [1.29, 1.82) is 0 Å². The Morgan fingerprint density at radius 1 is 0.939 bits per heavy atom. The van der Waals surface area contributed by atoms with Crippen LogP contribution in [0.2, 0.25) is 0 Å². The number of hydrogen-bond donors (Lipinski definition) is 4. The molecule has 2 aromatic rings. The molecule has 0 radical (unpaired) electrons. The summed E-state index contributed by atoms with van der Waals surface area (Å²) in [6.45, 7) is 7.18. The molecule has 0 bridgehead atoms. The second-order valence-electron chi connectivity index (χ2n) is 7.95. The molecule has 0 fully saturated rings. The molecule has 0 aliphatic rings. The molecule has 0 aromatic heterocycles. The van der Waals surface area contributed by atoms with Gasteiger partial charge in [0.1, 0.15) is 5.69 Å². The monoisotopic (exact) mass is 596 g/mol. The number of rotatable bonds is 6. The summed E-state index contributed by atoms with van der Waals surface area (Å²) in [5.41, 5.74) is 3.33. The summed E-state index contributed by atoms with van der Waals surface area (Å²) in [6, 6.07) is 8.31. The average molecular weight is 598 g/mol. The molecule has 0 aliphatic carbocycles. The van der Waals surface area contributed by atoms with Gasteiger partial charge in [-0.25, -0.2) is 0 Å². The Kier molecular flexibility index (Phi) is 12.6. The lowest BCUT2D eigenvalue weighted by atomic mass is 10.1. The number of halogens is 3. The first-order valence-electron chi connectivity index (χ1n) is 9.39. The number of anilines is 1. The molecular formula is C20H27Br2FN4O6. The molecule has 0 unspecified atom stereocenters. The quantitative estimate of drug-likeness (QED) is 0.273. The van der Waals surface area contributed by atoms with E-state index in [0.717, 1.165) is 12.1 Å². The van der Waals surface area contributed by atoms with Crippen LogP contribution in [-0.4, -0.2) is 44.4 Å². The van der Waals surface area contributed by atoms with Gasteiger partial charge in [-0.05, 0) is 52.0 Å². The lowest BCUT2D eigenvalue weighted by Gasteiger charge is -2.18. The smallest absolute Gasteiger partial charge is 0.305 e. The van der Waals surface area contributed by atoms with Crippen molar-refractivity contribution in [3.05, 3.63) is 71.4 Å². The third-order valence-corrected chi connectivity index (χ3v) is 4.46. The minimum atomic E-state index is -0.916. The van der Waals surface area contributed by atoms with Crippen LogP contribution in [-0.2, 0) is 0 Å². The van der Waals surface area contributed by atoms with E-state index in [0.29, 0.717) is 21.2 Å². The van der Waals surface area contributed by atoms with Gasteiger partial charge in [0.15, 0.2) is 0 Å². The van der Waals surface area contributed by atoms with Gasteiger partial charge in [-0.15, -0.1) is 0 Å². The predicted octanol–water partition coefficient (Wildman–Crippen LogP) is 4.75. The fourth-order valence-corrected chi connectivity index (χ4v) is 2.44. The van der Waals surface area contributed by atoms with E-state index in [1.807, 2.05) is 0 Å². The number of benzene rings is 2. The summed E-state index contributed by atoms with van der Waals surface area (Å²) in [6.07, 6.45) is 0. The highest BCUT2D eigenvalue weighted by Gasteiger charge is 2.17. The fraction of sp³-hybridized carbons (Fsp3) is 0.400. The molecule has 0 amide bonds. The lowest BCUT2D eigenvalue weighted by Crippen LogP contribution is -2.29. The van der Waals surface area contributed by atoms with Gasteiger partial charge in [-0.2, -0.15) is 4.39 Å². The molecule has 0 heterocycles. The predicted molar refractivity (Wildman–Crippen MR) is 132 cm³/mol. The Labute approximate surface area is 207 Å². The zero-order valence-corrected chi connectivity index (χ0v) is 21.7. The Bertz CT molecular complexity index is 949. The SMILES string of the molecule is CC(C)(O)CN.CC(C)(O)CNc1ccc(Br)cc1[N+](=O)[O-].O=[N+]([O-])c1cc(Br)ccc1F. The maximum atomic E-state index is 12.6. The minimum Gasteiger partial charge on any atom is -0.389 e. The maximum Gasteiger partial charge on any atom is 0.305 e. The van der Waals surface area contributed by atoms with Gasteiger partial charge < -0.3 is 21.3 Å². The highest BCUT2D eigenvalue weighted by atomic mass is 79.9. The van der Waals surface area contributed by atoms with E-state index in [9.17, 15) is 29.7 Å². The molecule has 0 spiro atoms. The van der Waals surface area contributed by atoms with E-state index >= 15 is 0 Å². The van der Waals surface area contributed by atoms with Crippen LogP contribution in [0.25, 0.3) is 0 Å². The maximum absolute atomic E-state index is 12.6. The fourth-order valence-electron chi connectivity index (χ4n) is 1.74. The number of nitrogens with two attached hydrogens (primary N) is 1. The van der Waals surface area contributed by atoms with Crippen LogP contribution >= 0.6 is 31.9 Å². The van der Waals surface area contributed by atoms with Crippen LogP contribution in [0.5, 0.6) is 0 Å². The zero-order chi connectivity index (χ0) is 26.0. The molecule has 2 aromatic carbocycles. The largest absolute Gasteiger partial charge is 0.389 e. The molecule has 0 aliphatic heterocycles. The van der Waals surface area contributed by atoms with Gasteiger partial charge in [0.25, 0.3) is 5.69 Å². The van der Waals surface area contributed by atoms with Crippen LogP contribution in [0.1, 0.15) is 27.7 Å². The Morgan fingerprint density at radius 2 is 1.36 bits per heavy atom. The van der Waals surface area contributed by atoms with Crippen LogP contribution in [0.3, 0.4) is 0 Å². The summed E-state index contributed by atoms with van der Waals surface area (Å²) >= 11 is 6.17. The first kappa shape index (κ1) is 30.8. The molecule has 0 atom stereocenters. The van der Waals surface area contributed by atoms with Crippen LogP contribution in [0.15, 0.2) is 45.3 Å². The van der Waals surface area contributed by atoms with Crippen molar-refractivity contribution in [2.75, 3.05) is 18.4 Å².